The Bertz CT molecular complexity index is 828. The van der Waals surface area contributed by atoms with Crippen molar-refractivity contribution < 1.29 is 0 Å². The molecule has 0 fully saturated rings. The second-order valence-corrected chi connectivity index (χ2v) is 4.50. The van der Waals surface area contributed by atoms with Crippen molar-refractivity contribution in [3.05, 3.63) is 86.7 Å². The Labute approximate surface area is 114 Å². The first-order valence-electron chi connectivity index (χ1n) is 6.27. The molecule has 0 aliphatic rings. The summed E-state index contributed by atoms with van der Waals surface area (Å²) in [6.07, 6.45) is 0.691. The van der Waals surface area contributed by atoms with E-state index in [0.29, 0.717) is 12.1 Å². The summed E-state index contributed by atoms with van der Waals surface area (Å²) in [5.74, 6) is 0. The molecular formula is C15H13N3O2. The Hall–Kier alpha value is -2.82. The molecule has 5 nitrogen and oxygen atoms in total. The molecule has 0 spiro atoms. The summed E-state index contributed by atoms with van der Waals surface area (Å²) < 4.78 is 1.24. The molecule has 0 radical (unpaired) electrons. The molecule has 2 aromatic carbocycles. The van der Waals surface area contributed by atoms with Gasteiger partial charge in [0.1, 0.15) is 0 Å². The van der Waals surface area contributed by atoms with Crippen molar-refractivity contribution >= 4 is 0 Å². The molecular weight excluding hydrogens is 254 g/mol. The standard InChI is InChI=1S/C15H13N3O2/c19-14-16-15(20)18(17-14)13-9-5-4-8-12(13)10-11-6-2-1-3-7-11/h1-9H,10H2,(H2,16,17,19,20). The Morgan fingerprint density at radius 1 is 0.900 bits per heavy atom. The number of para-hydroxylation sites is 1. The SMILES string of the molecule is O=c1[nH]c(=O)n(-c2ccccc2Cc2ccccc2)[nH]1. The van der Waals surface area contributed by atoms with Gasteiger partial charge in [-0.3, -0.25) is 4.98 Å². The minimum Gasteiger partial charge on any atom is -0.256 e. The maximum absolute atomic E-state index is 11.7. The predicted molar refractivity (Wildman–Crippen MR) is 76.3 cm³/mol. The summed E-state index contributed by atoms with van der Waals surface area (Å²) in [5.41, 5.74) is 1.82. The molecule has 3 aromatic rings. The zero-order chi connectivity index (χ0) is 13.9. The van der Waals surface area contributed by atoms with Gasteiger partial charge in [0.05, 0.1) is 5.69 Å². The van der Waals surface area contributed by atoms with Gasteiger partial charge < -0.3 is 0 Å². The van der Waals surface area contributed by atoms with Crippen molar-refractivity contribution in [1.82, 2.24) is 14.8 Å². The highest BCUT2D eigenvalue weighted by Gasteiger charge is 2.08. The van der Waals surface area contributed by atoms with Crippen LogP contribution in [0.3, 0.4) is 0 Å². The fourth-order valence-electron chi connectivity index (χ4n) is 2.20. The molecule has 0 aliphatic carbocycles. The smallest absolute Gasteiger partial charge is 0.256 e. The maximum atomic E-state index is 11.7. The van der Waals surface area contributed by atoms with Gasteiger partial charge in [-0.25, -0.2) is 19.4 Å². The molecule has 20 heavy (non-hydrogen) atoms. The summed E-state index contributed by atoms with van der Waals surface area (Å²) in [4.78, 5) is 25.1. The molecule has 0 unspecified atom stereocenters. The van der Waals surface area contributed by atoms with Crippen molar-refractivity contribution in [2.24, 2.45) is 0 Å². The number of hydrogen-bond acceptors (Lipinski definition) is 2. The van der Waals surface area contributed by atoms with Gasteiger partial charge in [-0.15, -0.1) is 0 Å². The van der Waals surface area contributed by atoms with Crippen LogP contribution in [0.25, 0.3) is 5.69 Å². The molecule has 2 N–H and O–H groups in total. The van der Waals surface area contributed by atoms with Crippen LogP contribution < -0.4 is 11.4 Å². The summed E-state index contributed by atoms with van der Waals surface area (Å²) in [7, 11) is 0. The van der Waals surface area contributed by atoms with Gasteiger partial charge in [0.15, 0.2) is 0 Å². The third kappa shape index (κ3) is 2.33. The van der Waals surface area contributed by atoms with Gasteiger partial charge in [0, 0.05) is 0 Å². The lowest BCUT2D eigenvalue weighted by molar-refractivity contribution is 0.822. The lowest BCUT2D eigenvalue weighted by Gasteiger charge is -2.08. The Morgan fingerprint density at radius 2 is 1.60 bits per heavy atom. The number of benzene rings is 2. The van der Waals surface area contributed by atoms with Gasteiger partial charge in [-0.1, -0.05) is 48.5 Å². The maximum Gasteiger partial charge on any atom is 0.349 e. The van der Waals surface area contributed by atoms with E-state index < -0.39 is 11.4 Å². The van der Waals surface area contributed by atoms with Crippen LogP contribution in [0.15, 0.2) is 64.2 Å². The zero-order valence-corrected chi connectivity index (χ0v) is 10.7. The van der Waals surface area contributed by atoms with E-state index in [2.05, 4.69) is 10.1 Å². The zero-order valence-electron chi connectivity index (χ0n) is 10.7. The van der Waals surface area contributed by atoms with E-state index in [1.54, 1.807) is 0 Å². The lowest BCUT2D eigenvalue weighted by atomic mass is 10.0. The van der Waals surface area contributed by atoms with Crippen LogP contribution >= 0.6 is 0 Å². The third-order valence-electron chi connectivity index (χ3n) is 3.11. The van der Waals surface area contributed by atoms with E-state index in [9.17, 15) is 9.59 Å². The first-order valence-corrected chi connectivity index (χ1v) is 6.27. The van der Waals surface area contributed by atoms with Crippen molar-refractivity contribution in [3.63, 3.8) is 0 Å². The fourth-order valence-corrected chi connectivity index (χ4v) is 2.20. The molecule has 3 rings (SSSR count). The Kier molecular flexibility index (Phi) is 3.09. The van der Waals surface area contributed by atoms with Crippen molar-refractivity contribution in [2.75, 3.05) is 0 Å². The fraction of sp³-hybridized carbons (Fsp3) is 0.0667. The van der Waals surface area contributed by atoms with Crippen LogP contribution in [0, 0.1) is 0 Å². The molecule has 0 atom stereocenters. The summed E-state index contributed by atoms with van der Waals surface area (Å²) >= 11 is 0. The first-order chi connectivity index (χ1) is 9.74. The average molecular weight is 267 g/mol. The van der Waals surface area contributed by atoms with Crippen LogP contribution in [-0.4, -0.2) is 14.8 Å². The highest BCUT2D eigenvalue weighted by molar-refractivity contribution is 5.42. The number of rotatable bonds is 3. The molecule has 0 saturated carbocycles. The van der Waals surface area contributed by atoms with Gasteiger partial charge >= 0.3 is 11.4 Å². The van der Waals surface area contributed by atoms with Gasteiger partial charge in [0.2, 0.25) is 0 Å². The average Bonchev–Trinajstić information content (AvgIpc) is 2.79. The van der Waals surface area contributed by atoms with Crippen LogP contribution in [0.4, 0.5) is 0 Å². The lowest BCUT2D eigenvalue weighted by Crippen LogP contribution is -2.17. The topological polar surface area (TPSA) is 70.7 Å². The van der Waals surface area contributed by atoms with Crippen LogP contribution in [0.1, 0.15) is 11.1 Å². The highest BCUT2D eigenvalue weighted by atomic mass is 16.2. The normalized spacial score (nSPS) is 10.6. The van der Waals surface area contributed by atoms with E-state index in [0.717, 1.165) is 11.1 Å². The van der Waals surface area contributed by atoms with E-state index in [1.165, 1.54) is 4.68 Å². The second kappa shape index (κ2) is 5.05. The first kappa shape index (κ1) is 12.2. The van der Waals surface area contributed by atoms with Crippen molar-refractivity contribution in [3.8, 4) is 5.69 Å². The summed E-state index contributed by atoms with van der Waals surface area (Å²) in [5, 5.41) is 2.48. The number of aromatic amines is 2. The highest BCUT2D eigenvalue weighted by Crippen LogP contribution is 2.16. The van der Waals surface area contributed by atoms with Gasteiger partial charge in [-0.05, 0) is 23.6 Å². The molecule has 1 aromatic heterocycles. The van der Waals surface area contributed by atoms with Crippen LogP contribution in [0.2, 0.25) is 0 Å². The number of H-pyrrole nitrogens is 2. The number of nitrogens with one attached hydrogen (secondary N) is 2. The number of aromatic nitrogens is 3. The minimum atomic E-state index is -0.510. The Morgan fingerprint density at radius 3 is 2.30 bits per heavy atom. The number of hydrogen-bond donors (Lipinski definition) is 2. The largest absolute Gasteiger partial charge is 0.349 e. The van der Waals surface area contributed by atoms with E-state index in [-0.39, 0.29) is 0 Å². The minimum absolute atomic E-state index is 0.462. The third-order valence-corrected chi connectivity index (χ3v) is 3.11. The second-order valence-electron chi connectivity index (χ2n) is 4.50. The molecule has 0 aliphatic heterocycles. The molecule has 0 saturated heterocycles. The van der Waals surface area contributed by atoms with E-state index in [1.807, 2.05) is 54.6 Å². The predicted octanol–water partition coefficient (Wildman–Crippen LogP) is 1.44. The van der Waals surface area contributed by atoms with Crippen molar-refractivity contribution in [1.29, 1.82) is 0 Å². The Balaban J connectivity index is 2.07. The molecule has 100 valence electrons. The van der Waals surface area contributed by atoms with E-state index >= 15 is 0 Å². The van der Waals surface area contributed by atoms with Gasteiger partial charge in [0.25, 0.3) is 0 Å². The number of nitrogens with zero attached hydrogens (tertiary/aromatic N) is 1. The van der Waals surface area contributed by atoms with Crippen molar-refractivity contribution in [2.45, 2.75) is 6.42 Å². The summed E-state index contributed by atoms with van der Waals surface area (Å²) in [6, 6.07) is 17.5. The molecule has 0 amide bonds. The van der Waals surface area contributed by atoms with Gasteiger partial charge in [-0.2, -0.15) is 0 Å². The monoisotopic (exact) mass is 267 g/mol. The molecule has 5 heteroatoms. The van der Waals surface area contributed by atoms with Crippen LogP contribution in [0.5, 0.6) is 0 Å². The van der Waals surface area contributed by atoms with E-state index in [4.69, 9.17) is 0 Å². The van der Waals surface area contributed by atoms with Crippen LogP contribution in [-0.2, 0) is 6.42 Å². The quantitative estimate of drug-likeness (QED) is 0.754. The molecule has 0 bridgehead atoms. The summed E-state index contributed by atoms with van der Waals surface area (Å²) in [6.45, 7) is 0. The molecule has 1 heterocycles.